The number of hydrogen-bond acceptors (Lipinski definition) is 4. The molecular formula is C16H14N2O2S. The predicted octanol–water partition coefficient (Wildman–Crippen LogP) is 3.60. The quantitative estimate of drug-likeness (QED) is 0.921. The Labute approximate surface area is 127 Å². The third-order valence-corrected chi connectivity index (χ3v) is 4.28. The van der Waals surface area contributed by atoms with Gasteiger partial charge in [0.05, 0.1) is 18.5 Å². The van der Waals surface area contributed by atoms with Gasteiger partial charge < -0.3 is 10.1 Å². The first kappa shape index (κ1) is 13.7. The van der Waals surface area contributed by atoms with Gasteiger partial charge in [-0.3, -0.25) is 0 Å². The van der Waals surface area contributed by atoms with E-state index in [4.69, 9.17) is 9.73 Å². The van der Waals surface area contributed by atoms with Crippen LogP contribution in [-0.2, 0) is 4.74 Å². The average Bonchev–Trinajstić information content (AvgIpc) is 2.55. The molecule has 1 heterocycles. The Bertz CT molecular complexity index is 686. The monoisotopic (exact) mass is 298 g/mol. The van der Waals surface area contributed by atoms with E-state index in [2.05, 4.69) is 5.32 Å². The molecule has 0 unspecified atom stereocenters. The molecule has 21 heavy (non-hydrogen) atoms. The van der Waals surface area contributed by atoms with E-state index in [9.17, 15) is 4.79 Å². The highest BCUT2D eigenvalue weighted by molar-refractivity contribution is 8.00. The number of nitrogens with one attached hydrogen (secondary N) is 1. The van der Waals surface area contributed by atoms with Crippen molar-refractivity contribution in [2.75, 3.05) is 7.11 Å². The summed E-state index contributed by atoms with van der Waals surface area (Å²) in [5.41, 5.74) is 2.73. The molecule has 1 amide bonds. The molecule has 106 valence electrons. The fourth-order valence-electron chi connectivity index (χ4n) is 2.11. The number of carbonyl (C=O) groups excluding carboxylic acids is 1. The topological polar surface area (TPSA) is 50.7 Å². The third kappa shape index (κ3) is 2.92. The van der Waals surface area contributed by atoms with Gasteiger partial charge in [0.1, 0.15) is 5.37 Å². The van der Waals surface area contributed by atoms with Crippen LogP contribution in [0.15, 0.2) is 64.5 Å². The zero-order chi connectivity index (χ0) is 14.7. The Morgan fingerprint density at radius 3 is 2.62 bits per heavy atom. The Hall–Kier alpha value is -2.27. The zero-order valence-electron chi connectivity index (χ0n) is 11.4. The molecule has 2 aromatic carbocycles. The molecule has 5 heteroatoms. The standard InChI is InChI=1S/C16H14N2O2S/c1-20-16(19)18-15-14(11-7-3-2-4-8-11)17-12-9-5-6-10-13(12)21-15/h2-10,15H,1H3,(H,18,19)/t15-/m1/s1. The van der Waals surface area contributed by atoms with Crippen LogP contribution in [0.1, 0.15) is 5.56 Å². The van der Waals surface area contributed by atoms with Crippen LogP contribution in [-0.4, -0.2) is 24.3 Å². The van der Waals surface area contributed by atoms with E-state index in [1.165, 1.54) is 7.11 Å². The summed E-state index contributed by atoms with van der Waals surface area (Å²) in [5.74, 6) is 0. The van der Waals surface area contributed by atoms with Crippen LogP contribution in [0.25, 0.3) is 0 Å². The van der Waals surface area contributed by atoms with Crippen molar-refractivity contribution >= 4 is 29.3 Å². The number of benzene rings is 2. The Balaban J connectivity index is 2.02. The summed E-state index contributed by atoms with van der Waals surface area (Å²) < 4.78 is 4.71. The maximum absolute atomic E-state index is 11.6. The van der Waals surface area contributed by atoms with E-state index >= 15 is 0 Å². The van der Waals surface area contributed by atoms with Crippen LogP contribution >= 0.6 is 11.8 Å². The van der Waals surface area contributed by atoms with Crippen molar-refractivity contribution in [2.45, 2.75) is 10.3 Å². The first-order valence-electron chi connectivity index (χ1n) is 6.52. The molecule has 0 saturated heterocycles. The minimum Gasteiger partial charge on any atom is -0.453 e. The second-order valence-electron chi connectivity index (χ2n) is 4.46. The number of para-hydroxylation sites is 1. The number of amides is 1. The van der Waals surface area contributed by atoms with E-state index in [0.717, 1.165) is 21.9 Å². The zero-order valence-corrected chi connectivity index (χ0v) is 12.3. The Morgan fingerprint density at radius 2 is 1.86 bits per heavy atom. The highest BCUT2D eigenvalue weighted by atomic mass is 32.2. The molecule has 2 aromatic rings. The number of carbonyl (C=O) groups is 1. The molecule has 0 bridgehead atoms. The molecule has 0 aliphatic carbocycles. The van der Waals surface area contributed by atoms with Gasteiger partial charge in [-0.2, -0.15) is 0 Å². The maximum Gasteiger partial charge on any atom is 0.408 e. The second-order valence-corrected chi connectivity index (χ2v) is 5.61. The highest BCUT2D eigenvalue weighted by Gasteiger charge is 2.26. The minimum absolute atomic E-state index is 0.269. The average molecular weight is 298 g/mol. The van der Waals surface area contributed by atoms with Gasteiger partial charge in [-0.25, -0.2) is 9.79 Å². The Kier molecular flexibility index (Phi) is 3.92. The number of rotatable bonds is 2. The molecule has 1 N–H and O–H groups in total. The number of aliphatic imine (C=N–C) groups is 1. The molecule has 4 nitrogen and oxygen atoms in total. The minimum atomic E-state index is -0.462. The summed E-state index contributed by atoms with van der Waals surface area (Å²) in [4.78, 5) is 17.3. The van der Waals surface area contributed by atoms with E-state index in [1.54, 1.807) is 11.8 Å². The van der Waals surface area contributed by atoms with Crippen LogP contribution in [0.4, 0.5) is 10.5 Å². The van der Waals surface area contributed by atoms with Gasteiger partial charge in [-0.1, -0.05) is 54.2 Å². The number of nitrogens with zero attached hydrogens (tertiary/aromatic N) is 1. The fourth-order valence-corrected chi connectivity index (χ4v) is 3.21. The molecule has 0 saturated carbocycles. The van der Waals surface area contributed by atoms with Gasteiger partial charge >= 0.3 is 6.09 Å². The van der Waals surface area contributed by atoms with Crippen molar-refractivity contribution in [1.29, 1.82) is 0 Å². The normalized spacial score (nSPS) is 16.6. The molecule has 1 atom stereocenters. The predicted molar refractivity (Wildman–Crippen MR) is 84.3 cm³/mol. The van der Waals surface area contributed by atoms with Crippen LogP contribution in [0.2, 0.25) is 0 Å². The third-order valence-electron chi connectivity index (χ3n) is 3.10. The summed E-state index contributed by atoms with van der Waals surface area (Å²) in [6.45, 7) is 0. The van der Waals surface area contributed by atoms with E-state index in [1.807, 2.05) is 54.6 Å². The number of hydrogen-bond donors (Lipinski definition) is 1. The van der Waals surface area contributed by atoms with Crippen molar-refractivity contribution in [3.63, 3.8) is 0 Å². The van der Waals surface area contributed by atoms with Crippen molar-refractivity contribution in [2.24, 2.45) is 4.99 Å². The van der Waals surface area contributed by atoms with Gasteiger partial charge in [-0.15, -0.1) is 0 Å². The SMILES string of the molecule is COC(=O)N[C@@H]1Sc2ccccc2N=C1c1ccccc1. The Morgan fingerprint density at radius 1 is 1.14 bits per heavy atom. The lowest BCUT2D eigenvalue weighted by Crippen LogP contribution is -2.39. The van der Waals surface area contributed by atoms with Gasteiger partial charge in [0.15, 0.2) is 0 Å². The lowest BCUT2D eigenvalue weighted by Gasteiger charge is -2.24. The second kappa shape index (κ2) is 6.01. The summed E-state index contributed by atoms with van der Waals surface area (Å²) in [7, 11) is 1.36. The highest BCUT2D eigenvalue weighted by Crippen LogP contribution is 2.38. The van der Waals surface area contributed by atoms with E-state index in [-0.39, 0.29) is 5.37 Å². The van der Waals surface area contributed by atoms with Gasteiger partial charge in [0.2, 0.25) is 0 Å². The first-order valence-corrected chi connectivity index (χ1v) is 7.40. The smallest absolute Gasteiger partial charge is 0.408 e. The lowest BCUT2D eigenvalue weighted by molar-refractivity contribution is 0.172. The molecule has 0 spiro atoms. The summed E-state index contributed by atoms with van der Waals surface area (Å²) in [5, 5.41) is 2.56. The maximum atomic E-state index is 11.6. The van der Waals surface area contributed by atoms with Crippen molar-refractivity contribution in [3.8, 4) is 0 Å². The number of ether oxygens (including phenoxy) is 1. The van der Waals surface area contributed by atoms with Crippen LogP contribution in [0.5, 0.6) is 0 Å². The van der Waals surface area contributed by atoms with Gasteiger partial charge in [0.25, 0.3) is 0 Å². The lowest BCUT2D eigenvalue weighted by atomic mass is 10.1. The van der Waals surface area contributed by atoms with Gasteiger partial charge in [-0.05, 0) is 17.7 Å². The van der Waals surface area contributed by atoms with E-state index < -0.39 is 6.09 Å². The summed E-state index contributed by atoms with van der Waals surface area (Å²) in [6.07, 6.45) is -0.462. The van der Waals surface area contributed by atoms with Crippen LogP contribution in [0.3, 0.4) is 0 Å². The molecular weight excluding hydrogens is 284 g/mol. The number of fused-ring (bicyclic) bond motifs is 1. The van der Waals surface area contributed by atoms with Gasteiger partial charge in [0, 0.05) is 4.90 Å². The molecule has 0 aromatic heterocycles. The molecule has 1 aliphatic rings. The number of thioether (sulfide) groups is 1. The summed E-state index contributed by atoms with van der Waals surface area (Å²) >= 11 is 1.56. The largest absolute Gasteiger partial charge is 0.453 e. The van der Waals surface area contributed by atoms with Crippen LogP contribution < -0.4 is 5.32 Å². The fraction of sp³-hybridized carbons (Fsp3) is 0.125. The molecule has 0 radical (unpaired) electrons. The summed E-state index contributed by atoms with van der Waals surface area (Å²) in [6, 6.07) is 17.7. The van der Waals surface area contributed by atoms with E-state index in [0.29, 0.717) is 0 Å². The first-order chi connectivity index (χ1) is 10.3. The molecule has 1 aliphatic heterocycles. The van der Waals surface area contributed by atoms with Crippen molar-refractivity contribution in [3.05, 3.63) is 60.2 Å². The van der Waals surface area contributed by atoms with Crippen molar-refractivity contribution < 1.29 is 9.53 Å². The molecule has 3 rings (SSSR count). The number of alkyl carbamates (subject to hydrolysis) is 1. The van der Waals surface area contributed by atoms with Crippen molar-refractivity contribution in [1.82, 2.24) is 5.32 Å². The van der Waals surface area contributed by atoms with Crippen LogP contribution in [0, 0.1) is 0 Å². The number of methoxy groups -OCH3 is 1. The molecule has 0 fully saturated rings.